The molecule has 1 amide bonds. The van der Waals surface area contributed by atoms with E-state index in [4.69, 9.17) is 4.74 Å². The molecule has 1 N–H and O–H groups in total. The number of ether oxygens (including phenoxy) is 1. The van der Waals surface area contributed by atoms with E-state index in [1.54, 1.807) is 16.7 Å². The molecule has 0 fully saturated rings. The predicted octanol–water partition coefficient (Wildman–Crippen LogP) is 4.22. The van der Waals surface area contributed by atoms with Crippen LogP contribution < -0.4 is 0 Å². The number of amides is 1. The van der Waals surface area contributed by atoms with Gasteiger partial charge in [-0.3, -0.25) is 14.9 Å². The molecule has 9 nitrogen and oxygen atoms in total. The van der Waals surface area contributed by atoms with E-state index in [-0.39, 0.29) is 22.8 Å². The van der Waals surface area contributed by atoms with E-state index in [0.717, 1.165) is 11.6 Å². The Morgan fingerprint density at radius 1 is 1.25 bits per heavy atom. The van der Waals surface area contributed by atoms with Crippen molar-refractivity contribution in [3.63, 3.8) is 0 Å². The number of hydrogen-bond acceptors (Lipinski definition) is 6. The lowest BCUT2D eigenvalue weighted by atomic mass is 10.2. The van der Waals surface area contributed by atoms with Crippen molar-refractivity contribution in [1.29, 1.82) is 0 Å². The molecule has 3 aromatic rings. The summed E-state index contributed by atoms with van der Waals surface area (Å²) >= 11 is 0. The van der Waals surface area contributed by atoms with E-state index >= 15 is 0 Å². The number of aromatic nitrogens is 1. The minimum absolute atomic E-state index is 0.0394. The maximum atomic E-state index is 12.3. The molecule has 144 valence electrons. The zero-order valence-corrected chi connectivity index (χ0v) is 15.1. The molecule has 0 aliphatic heterocycles. The quantitative estimate of drug-likeness (QED) is 0.284. The Balaban J connectivity index is 1.93. The zero-order valence-electron chi connectivity index (χ0n) is 15.1. The fourth-order valence-corrected chi connectivity index (χ4v) is 2.80. The summed E-state index contributed by atoms with van der Waals surface area (Å²) in [5.41, 5.74) is 0.719. The van der Waals surface area contributed by atoms with E-state index in [1.807, 2.05) is 19.1 Å². The van der Waals surface area contributed by atoms with Gasteiger partial charge in [-0.15, -0.1) is 10.2 Å². The highest BCUT2D eigenvalue weighted by molar-refractivity contribution is 5.97. The molecule has 0 bridgehead atoms. The molecule has 3 rings (SSSR count). The molecule has 0 radical (unpaired) electrons. The molecule has 0 atom stereocenters. The van der Waals surface area contributed by atoms with Crippen molar-refractivity contribution in [3.05, 3.63) is 64.2 Å². The molecule has 1 heterocycles. The number of nitrogens with zero attached hydrogens (tertiary/aromatic N) is 4. The molecule has 28 heavy (non-hydrogen) atoms. The number of fused-ring (bicyclic) bond motifs is 1. The van der Waals surface area contributed by atoms with Crippen molar-refractivity contribution in [2.75, 3.05) is 13.2 Å². The molecule has 0 unspecified atom stereocenters. The summed E-state index contributed by atoms with van der Waals surface area (Å²) in [6.07, 6.45) is 0. The smallest absolute Gasteiger partial charge is 0.295 e. The summed E-state index contributed by atoms with van der Waals surface area (Å²) in [4.78, 5) is 22.5. The number of aromatic hydroxyl groups is 1. The van der Waals surface area contributed by atoms with Gasteiger partial charge in [-0.25, -0.2) is 0 Å². The predicted molar refractivity (Wildman–Crippen MR) is 102 cm³/mol. The van der Waals surface area contributed by atoms with Crippen LogP contribution in [0.3, 0.4) is 0 Å². The average molecular weight is 382 g/mol. The van der Waals surface area contributed by atoms with E-state index in [0.29, 0.717) is 25.1 Å². The fraction of sp³-hybridized carbons (Fsp3) is 0.211. The number of hydrogen-bond donors (Lipinski definition) is 1. The van der Waals surface area contributed by atoms with Gasteiger partial charge in [0, 0.05) is 30.7 Å². The molecule has 0 saturated carbocycles. The number of benzene rings is 2. The first-order valence-electron chi connectivity index (χ1n) is 8.61. The maximum Gasteiger partial charge on any atom is 0.295 e. The van der Waals surface area contributed by atoms with E-state index in [2.05, 4.69) is 10.2 Å². The Labute approximate surface area is 160 Å². The van der Waals surface area contributed by atoms with Gasteiger partial charge in [0.05, 0.1) is 22.6 Å². The number of rotatable bonds is 7. The van der Waals surface area contributed by atoms with Gasteiger partial charge in [0.15, 0.2) is 5.69 Å². The van der Waals surface area contributed by atoms with Gasteiger partial charge in [-0.2, -0.15) is 0 Å². The monoisotopic (exact) mass is 382 g/mol. The van der Waals surface area contributed by atoms with E-state index < -0.39 is 10.8 Å². The summed E-state index contributed by atoms with van der Waals surface area (Å²) in [6, 6.07) is 12.4. The highest BCUT2D eigenvalue weighted by atomic mass is 16.6. The normalized spacial score (nSPS) is 11.3. The van der Waals surface area contributed by atoms with Crippen LogP contribution in [-0.2, 0) is 11.3 Å². The maximum absolute atomic E-state index is 12.3. The number of non-ortho nitro benzene ring substituents is 1. The van der Waals surface area contributed by atoms with Gasteiger partial charge in [0.2, 0.25) is 5.88 Å². The molecule has 0 aliphatic rings. The summed E-state index contributed by atoms with van der Waals surface area (Å²) < 4.78 is 6.98. The van der Waals surface area contributed by atoms with Crippen LogP contribution in [0.15, 0.2) is 58.8 Å². The number of carbonyl (C=O) groups is 1. The Morgan fingerprint density at radius 2 is 2.04 bits per heavy atom. The summed E-state index contributed by atoms with van der Waals surface area (Å²) in [5.74, 6) is -0.870. The first-order chi connectivity index (χ1) is 13.5. The molecule has 0 spiro atoms. The fourth-order valence-electron chi connectivity index (χ4n) is 2.80. The lowest BCUT2D eigenvalue weighted by Gasteiger charge is -2.06. The van der Waals surface area contributed by atoms with E-state index in [9.17, 15) is 20.0 Å². The Bertz CT molecular complexity index is 1060. The highest BCUT2D eigenvalue weighted by Gasteiger charge is 2.17. The van der Waals surface area contributed by atoms with E-state index in [1.165, 1.54) is 18.2 Å². The molecule has 0 saturated heterocycles. The van der Waals surface area contributed by atoms with Gasteiger partial charge in [0.25, 0.3) is 11.6 Å². The second kappa shape index (κ2) is 8.40. The number of azo groups is 1. The third-order valence-electron chi connectivity index (χ3n) is 4.13. The van der Waals surface area contributed by atoms with Crippen LogP contribution in [0, 0.1) is 10.1 Å². The van der Waals surface area contributed by atoms with Crippen LogP contribution in [-0.4, -0.2) is 33.7 Å². The Kier molecular flexibility index (Phi) is 5.75. The Hall–Kier alpha value is -3.59. The van der Waals surface area contributed by atoms with Crippen LogP contribution in [0.1, 0.15) is 17.3 Å². The summed E-state index contributed by atoms with van der Waals surface area (Å²) in [6.45, 7) is 3.26. The van der Waals surface area contributed by atoms with Crippen LogP contribution in [0.2, 0.25) is 0 Å². The van der Waals surface area contributed by atoms with Gasteiger partial charge in [-0.05, 0) is 19.1 Å². The average Bonchev–Trinajstić information content (AvgIpc) is 2.97. The number of nitro benzene ring substituents is 1. The minimum atomic E-state index is -0.741. The van der Waals surface area contributed by atoms with Crippen LogP contribution >= 0.6 is 0 Å². The van der Waals surface area contributed by atoms with Crippen molar-refractivity contribution >= 4 is 28.2 Å². The van der Waals surface area contributed by atoms with Crippen molar-refractivity contribution in [2.45, 2.75) is 13.5 Å². The highest BCUT2D eigenvalue weighted by Crippen LogP contribution is 2.38. The third-order valence-corrected chi connectivity index (χ3v) is 4.13. The Morgan fingerprint density at radius 3 is 2.79 bits per heavy atom. The van der Waals surface area contributed by atoms with Gasteiger partial charge < -0.3 is 14.4 Å². The van der Waals surface area contributed by atoms with Crippen molar-refractivity contribution in [2.24, 2.45) is 10.2 Å². The minimum Gasteiger partial charge on any atom is -0.493 e. The van der Waals surface area contributed by atoms with Crippen molar-refractivity contribution in [1.82, 2.24) is 4.57 Å². The van der Waals surface area contributed by atoms with Gasteiger partial charge in [0.1, 0.15) is 0 Å². The van der Waals surface area contributed by atoms with Crippen molar-refractivity contribution in [3.8, 4) is 5.88 Å². The summed E-state index contributed by atoms with van der Waals surface area (Å²) in [7, 11) is 0. The molecule has 9 heteroatoms. The number of para-hydroxylation sites is 1. The molecule has 0 aliphatic carbocycles. The second-order valence-corrected chi connectivity index (χ2v) is 5.85. The first kappa shape index (κ1) is 19.2. The van der Waals surface area contributed by atoms with Gasteiger partial charge in [-0.1, -0.05) is 24.3 Å². The second-order valence-electron chi connectivity index (χ2n) is 5.85. The number of nitro groups is 1. The number of carbonyl (C=O) groups excluding carboxylic acids is 1. The van der Waals surface area contributed by atoms with Gasteiger partial charge >= 0.3 is 0 Å². The van der Waals surface area contributed by atoms with Crippen molar-refractivity contribution < 1.29 is 19.6 Å². The third kappa shape index (κ3) is 3.89. The largest absolute Gasteiger partial charge is 0.493 e. The lowest BCUT2D eigenvalue weighted by Crippen LogP contribution is -2.05. The standard InChI is InChI=1S/C19H18N4O5/c1-2-28-11-10-22-16-9-4-3-8-15(16)17(19(22)25)20-21-18(24)13-6-5-7-14(12-13)23(26)27/h3-9,12,25H,2,10-11H2,1H3. The topological polar surface area (TPSA) is 119 Å². The molecule has 1 aromatic heterocycles. The zero-order chi connectivity index (χ0) is 20.1. The molecular weight excluding hydrogens is 364 g/mol. The molecular formula is C19H18N4O5. The SMILES string of the molecule is CCOCCn1c(O)c(N=NC(=O)c2cccc([N+](=O)[O-])c2)c2ccccc21. The van der Waals surface area contributed by atoms with Crippen LogP contribution in [0.5, 0.6) is 5.88 Å². The van der Waals surface area contributed by atoms with Crippen LogP contribution in [0.4, 0.5) is 11.4 Å². The summed E-state index contributed by atoms with van der Waals surface area (Å²) in [5, 5.41) is 29.6. The lowest BCUT2D eigenvalue weighted by molar-refractivity contribution is -0.384. The molecule has 2 aromatic carbocycles. The van der Waals surface area contributed by atoms with Crippen LogP contribution in [0.25, 0.3) is 10.9 Å². The first-order valence-corrected chi connectivity index (χ1v) is 8.61.